The number of nitrogens with one attached hydrogen (secondary N) is 1. The molecule has 0 atom stereocenters. The molecule has 0 bridgehead atoms. The second-order valence-corrected chi connectivity index (χ2v) is 6.90. The summed E-state index contributed by atoms with van der Waals surface area (Å²) in [5, 5.41) is 3.13. The van der Waals surface area contributed by atoms with E-state index in [0.29, 0.717) is 0 Å². The smallest absolute Gasteiger partial charge is 0.190 e. The number of para-hydroxylation sites is 1. The van der Waals surface area contributed by atoms with Crippen molar-refractivity contribution in [1.82, 2.24) is 4.57 Å². The lowest BCUT2D eigenvalue weighted by Gasteiger charge is -2.04. The standard InChI is InChI=1S/C17H19N3S2/c1-18-13-7-9-14(10-8-13)19-17-20(11-12-21-2)15-5-3-4-6-16(15)22-17/h3-10,18H,11-12H2,1-2H3. The van der Waals surface area contributed by atoms with Gasteiger partial charge in [-0.15, -0.1) is 0 Å². The third-order valence-corrected chi connectivity index (χ3v) is 5.14. The average molecular weight is 329 g/mol. The quantitative estimate of drug-likeness (QED) is 0.754. The van der Waals surface area contributed by atoms with Gasteiger partial charge in [-0.2, -0.15) is 11.8 Å². The van der Waals surface area contributed by atoms with Crippen molar-refractivity contribution in [2.45, 2.75) is 6.54 Å². The Morgan fingerprint density at radius 1 is 1.14 bits per heavy atom. The fraction of sp³-hybridized carbons (Fsp3) is 0.235. The Balaban J connectivity index is 2.09. The van der Waals surface area contributed by atoms with Crippen molar-refractivity contribution in [3.8, 4) is 0 Å². The summed E-state index contributed by atoms with van der Waals surface area (Å²) in [4.78, 5) is 5.91. The molecule has 1 aromatic heterocycles. The number of thiazole rings is 1. The molecular formula is C17H19N3S2. The first-order chi connectivity index (χ1) is 10.8. The normalized spacial score (nSPS) is 12.0. The highest BCUT2D eigenvalue weighted by Gasteiger charge is 2.05. The zero-order valence-electron chi connectivity index (χ0n) is 12.7. The van der Waals surface area contributed by atoms with E-state index in [1.807, 2.05) is 18.8 Å². The van der Waals surface area contributed by atoms with E-state index in [9.17, 15) is 0 Å². The zero-order valence-corrected chi connectivity index (χ0v) is 14.4. The number of benzene rings is 2. The average Bonchev–Trinajstić information content (AvgIpc) is 2.91. The maximum absolute atomic E-state index is 4.85. The van der Waals surface area contributed by atoms with Gasteiger partial charge in [0, 0.05) is 25.0 Å². The number of hydrogen-bond donors (Lipinski definition) is 1. The van der Waals surface area contributed by atoms with Crippen LogP contribution in [0.3, 0.4) is 0 Å². The molecule has 3 nitrogen and oxygen atoms in total. The van der Waals surface area contributed by atoms with E-state index in [2.05, 4.69) is 64.7 Å². The maximum atomic E-state index is 4.85. The summed E-state index contributed by atoms with van der Waals surface area (Å²) in [6, 6.07) is 16.7. The van der Waals surface area contributed by atoms with Crippen LogP contribution in [0.1, 0.15) is 0 Å². The van der Waals surface area contributed by atoms with Crippen LogP contribution in [0.2, 0.25) is 0 Å². The van der Waals surface area contributed by atoms with Gasteiger partial charge in [0.05, 0.1) is 15.9 Å². The van der Waals surface area contributed by atoms with Gasteiger partial charge < -0.3 is 9.88 Å². The summed E-state index contributed by atoms with van der Waals surface area (Å²) >= 11 is 3.61. The van der Waals surface area contributed by atoms with E-state index in [4.69, 9.17) is 4.99 Å². The number of nitrogens with zero attached hydrogens (tertiary/aromatic N) is 2. The minimum Gasteiger partial charge on any atom is -0.388 e. The molecule has 0 amide bonds. The lowest BCUT2D eigenvalue weighted by atomic mass is 10.3. The van der Waals surface area contributed by atoms with E-state index in [0.717, 1.165) is 28.5 Å². The van der Waals surface area contributed by atoms with Crippen molar-refractivity contribution >= 4 is 44.7 Å². The van der Waals surface area contributed by atoms with E-state index in [1.165, 1.54) is 10.2 Å². The third-order valence-electron chi connectivity index (χ3n) is 3.49. The van der Waals surface area contributed by atoms with Crippen molar-refractivity contribution in [3.63, 3.8) is 0 Å². The molecule has 0 unspecified atom stereocenters. The second kappa shape index (κ2) is 7.03. The molecule has 3 rings (SSSR count). The predicted molar refractivity (Wildman–Crippen MR) is 99.4 cm³/mol. The highest BCUT2D eigenvalue weighted by Crippen LogP contribution is 2.20. The minimum absolute atomic E-state index is 0.985. The van der Waals surface area contributed by atoms with Crippen molar-refractivity contribution in [2.75, 3.05) is 24.4 Å². The van der Waals surface area contributed by atoms with Crippen molar-refractivity contribution in [1.29, 1.82) is 0 Å². The van der Waals surface area contributed by atoms with Crippen LogP contribution in [0, 0.1) is 0 Å². The molecule has 2 aromatic carbocycles. The van der Waals surface area contributed by atoms with Crippen LogP contribution in [0.4, 0.5) is 11.4 Å². The molecule has 1 N–H and O–H groups in total. The van der Waals surface area contributed by atoms with Gasteiger partial charge in [-0.05, 0) is 42.7 Å². The lowest BCUT2D eigenvalue weighted by Crippen LogP contribution is -2.15. The van der Waals surface area contributed by atoms with Crippen LogP contribution in [0.5, 0.6) is 0 Å². The van der Waals surface area contributed by atoms with Crippen LogP contribution < -0.4 is 10.1 Å². The Kier molecular flexibility index (Phi) is 4.85. The van der Waals surface area contributed by atoms with E-state index < -0.39 is 0 Å². The molecule has 0 fully saturated rings. The largest absolute Gasteiger partial charge is 0.388 e. The number of fused-ring (bicyclic) bond motifs is 1. The number of hydrogen-bond acceptors (Lipinski definition) is 4. The number of anilines is 1. The first-order valence-electron chi connectivity index (χ1n) is 7.21. The van der Waals surface area contributed by atoms with Gasteiger partial charge in [-0.3, -0.25) is 0 Å². The van der Waals surface area contributed by atoms with Crippen LogP contribution in [-0.2, 0) is 6.54 Å². The number of rotatable bonds is 5. The molecule has 5 heteroatoms. The van der Waals surface area contributed by atoms with Gasteiger partial charge in [0.25, 0.3) is 0 Å². The fourth-order valence-corrected chi connectivity index (χ4v) is 3.76. The predicted octanol–water partition coefficient (Wildman–Crippen LogP) is 4.34. The summed E-state index contributed by atoms with van der Waals surface area (Å²) < 4.78 is 3.61. The molecule has 1 heterocycles. The molecule has 0 saturated heterocycles. The summed E-state index contributed by atoms with van der Waals surface area (Å²) in [7, 11) is 1.93. The van der Waals surface area contributed by atoms with Crippen LogP contribution in [0.15, 0.2) is 53.5 Å². The SMILES string of the molecule is CNc1ccc(N=c2sc3ccccc3n2CCSC)cc1. The Bertz CT molecular complexity index is 816. The van der Waals surface area contributed by atoms with E-state index >= 15 is 0 Å². The molecule has 114 valence electrons. The molecular weight excluding hydrogens is 310 g/mol. The van der Waals surface area contributed by atoms with Gasteiger partial charge >= 0.3 is 0 Å². The van der Waals surface area contributed by atoms with Gasteiger partial charge in [0.15, 0.2) is 4.80 Å². The van der Waals surface area contributed by atoms with Gasteiger partial charge in [-0.25, -0.2) is 4.99 Å². The van der Waals surface area contributed by atoms with Crippen molar-refractivity contribution in [2.24, 2.45) is 4.99 Å². The molecule has 0 aliphatic carbocycles. The highest BCUT2D eigenvalue weighted by molar-refractivity contribution is 7.98. The Labute approximate surface area is 138 Å². The van der Waals surface area contributed by atoms with Crippen molar-refractivity contribution < 1.29 is 0 Å². The zero-order chi connectivity index (χ0) is 15.4. The third kappa shape index (κ3) is 3.20. The van der Waals surface area contributed by atoms with Crippen LogP contribution in [-0.4, -0.2) is 23.6 Å². The maximum Gasteiger partial charge on any atom is 0.190 e. The Morgan fingerprint density at radius 3 is 2.64 bits per heavy atom. The molecule has 3 aromatic rings. The summed E-state index contributed by atoms with van der Waals surface area (Å²) in [5.41, 5.74) is 3.36. The molecule has 0 spiro atoms. The summed E-state index contributed by atoms with van der Waals surface area (Å²) in [6.45, 7) is 0.985. The number of thioether (sulfide) groups is 1. The Hall–Kier alpha value is -1.72. The number of aromatic nitrogens is 1. The lowest BCUT2D eigenvalue weighted by molar-refractivity contribution is 0.775. The molecule has 0 saturated carbocycles. The highest BCUT2D eigenvalue weighted by atomic mass is 32.2. The first-order valence-corrected chi connectivity index (χ1v) is 9.42. The monoisotopic (exact) mass is 329 g/mol. The van der Waals surface area contributed by atoms with Gasteiger partial charge in [-0.1, -0.05) is 23.5 Å². The van der Waals surface area contributed by atoms with Crippen molar-refractivity contribution in [3.05, 3.63) is 53.3 Å². The van der Waals surface area contributed by atoms with Gasteiger partial charge in [0.2, 0.25) is 0 Å². The van der Waals surface area contributed by atoms with Crippen LogP contribution >= 0.6 is 23.1 Å². The summed E-state index contributed by atoms with van der Waals surface area (Å²) in [5.74, 6) is 1.09. The molecule has 22 heavy (non-hydrogen) atoms. The van der Waals surface area contributed by atoms with E-state index in [-0.39, 0.29) is 0 Å². The molecule has 0 radical (unpaired) electrons. The fourth-order valence-electron chi connectivity index (χ4n) is 2.32. The second-order valence-electron chi connectivity index (χ2n) is 4.91. The number of aryl methyl sites for hydroxylation is 1. The first kappa shape index (κ1) is 15.2. The van der Waals surface area contributed by atoms with Gasteiger partial charge in [0.1, 0.15) is 0 Å². The Morgan fingerprint density at radius 2 is 1.91 bits per heavy atom. The minimum atomic E-state index is 0.985. The molecule has 0 aliphatic rings. The van der Waals surface area contributed by atoms with Crippen LogP contribution in [0.25, 0.3) is 10.2 Å². The topological polar surface area (TPSA) is 29.3 Å². The summed E-state index contributed by atoms with van der Waals surface area (Å²) in [6.07, 6.45) is 2.14. The molecule has 0 aliphatic heterocycles. The van der Waals surface area contributed by atoms with E-state index in [1.54, 1.807) is 11.3 Å².